The van der Waals surface area contributed by atoms with Crippen molar-refractivity contribution >= 4 is 21.4 Å². The van der Waals surface area contributed by atoms with Crippen LogP contribution in [0.3, 0.4) is 0 Å². The Labute approximate surface area is 102 Å². The van der Waals surface area contributed by atoms with Gasteiger partial charge >= 0.3 is 0 Å². The van der Waals surface area contributed by atoms with Gasteiger partial charge in [0.05, 0.1) is 5.75 Å². The molecule has 0 bridgehead atoms. The van der Waals surface area contributed by atoms with Crippen molar-refractivity contribution in [3.63, 3.8) is 0 Å². The van der Waals surface area contributed by atoms with Crippen LogP contribution in [-0.2, 0) is 10.0 Å². The van der Waals surface area contributed by atoms with Gasteiger partial charge in [-0.05, 0) is 30.7 Å². The molecule has 0 aliphatic carbocycles. The fourth-order valence-electron chi connectivity index (χ4n) is 1.41. The van der Waals surface area contributed by atoms with Gasteiger partial charge in [0.2, 0.25) is 10.0 Å². The third-order valence-corrected chi connectivity index (χ3v) is 3.80. The average Bonchev–Trinajstić information content (AvgIpc) is 2.23. The summed E-state index contributed by atoms with van der Waals surface area (Å²) in [6.07, 6.45) is 0. The highest BCUT2D eigenvalue weighted by molar-refractivity contribution is 7.89. The summed E-state index contributed by atoms with van der Waals surface area (Å²) in [6, 6.07) is 5.54. The fraction of sp³-hybridized carbons (Fsp3) is 0.455. The minimum absolute atomic E-state index is 0.0598. The van der Waals surface area contributed by atoms with Crippen LogP contribution >= 0.6 is 0 Å². The Morgan fingerprint density at radius 1 is 1.35 bits per heavy atom. The molecule has 0 radical (unpaired) electrons. The van der Waals surface area contributed by atoms with Gasteiger partial charge in [-0.15, -0.1) is 0 Å². The van der Waals surface area contributed by atoms with Crippen molar-refractivity contribution < 1.29 is 8.42 Å². The van der Waals surface area contributed by atoms with E-state index in [0.717, 1.165) is 16.9 Å². The summed E-state index contributed by atoms with van der Waals surface area (Å²) in [5.41, 5.74) is 8.28. The molecule has 1 aromatic rings. The summed E-state index contributed by atoms with van der Waals surface area (Å²) < 4.78 is 25.2. The molecule has 0 unspecified atom stereocenters. The Bertz CT molecular complexity index is 472. The van der Waals surface area contributed by atoms with Gasteiger partial charge in [-0.1, -0.05) is 6.92 Å². The molecule has 96 valence electrons. The van der Waals surface area contributed by atoms with Gasteiger partial charge in [0.15, 0.2) is 0 Å². The minimum atomic E-state index is -3.16. The largest absolute Gasteiger partial charge is 0.399 e. The maximum atomic E-state index is 11.4. The van der Waals surface area contributed by atoms with Crippen LogP contribution in [0.2, 0.25) is 0 Å². The molecule has 17 heavy (non-hydrogen) atoms. The summed E-state index contributed by atoms with van der Waals surface area (Å²) in [7, 11) is -3.16. The first-order chi connectivity index (χ1) is 7.94. The van der Waals surface area contributed by atoms with E-state index in [2.05, 4.69) is 10.0 Å². The zero-order valence-corrected chi connectivity index (χ0v) is 11.0. The Morgan fingerprint density at radius 3 is 2.65 bits per heavy atom. The molecule has 5 nitrogen and oxygen atoms in total. The van der Waals surface area contributed by atoms with Crippen LogP contribution < -0.4 is 15.8 Å². The number of nitrogen functional groups attached to an aromatic ring is 1. The van der Waals surface area contributed by atoms with Crippen molar-refractivity contribution in [3.05, 3.63) is 23.8 Å². The van der Waals surface area contributed by atoms with Gasteiger partial charge in [-0.3, -0.25) is 0 Å². The lowest BCUT2D eigenvalue weighted by Crippen LogP contribution is -2.29. The van der Waals surface area contributed by atoms with E-state index in [9.17, 15) is 8.42 Å². The molecular weight excluding hydrogens is 238 g/mol. The number of nitrogens with two attached hydrogens (primary N) is 1. The lowest BCUT2D eigenvalue weighted by atomic mass is 10.2. The van der Waals surface area contributed by atoms with Crippen molar-refractivity contribution in [3.8, 4) is 0 Å². The first kappa shape index (κ1) is 13.8. The van der Waals surface area contributed by atoms with Gasteiger partial charge in [-0.25, -0.2) is 13.1 Å². The highest BCUT2D eigenvalue weighted by Gasteiger charge is 2.07. The van der Waals surface area contributed by atoms with Crippen LogP contribution in [0.1, 0.15) is 12.5 Å². The summed E-state index contributed by atoms with van der Waals surface area (Å²) >= 11 is 0. The van der Waals surface area contributed by atoms with Crippen molar-refractivity contribution in [2.24, 2.45) is 0 Å². The van der Waals surface area contributed by atoms with E-state index in [-0.39, 0.29) is 5.75 Å². The molecular formula is C11H19N3O2S. The quantitative estimate of drug-likeness (QED) is 0.662. The minimum Gasteiger partial charge on any atom is -0.399 e. The highest BCUT2D eigenvalue weighted by atomic mass is 32.2. The third-order valence-electron chi connectivity index (χ3n) is 2.33. The van der Waals surface area contributed by atoms with Crippen molar-refractivity contribution in [2.75, 3.05) is 29.9 Å². The van der Waals surface area contributed by atoms with Crippen LogP contribution in [-0.4, -0.2) is 27.3 Å². The second kappa shape index (κ2) is 5.88. The maximum absolute atomic E-state index is 11.4. The topological polar surface area (TPSA) is 84.2 Å². The van der Waals surface area contributed by atoms with Crippen LogP contribution in [0.5, 0.6) is 0 Å². The smallest absolute Gasteiger partial charge is 0.213 e. The van der Waals surface area contributed by atoms with E-state index >= 15 is 0 Å². The van der Waals surface area contributed by atoms with Crippen LogP contribution in [0.4, 0.5) is 11.4 Å². The third kappa shape index (κ3) is 4.62. The number of benzene rings is 1. The fourth-order valence-corrected chi connectivity index (χ4v) is 2.36. The van der Waals surface area contributed by atoms with E-state index in [0.29, 0.717) is 13.1 Å². The molecule has 0 heterocycles. The number of hydrogen-bond acceptors (Lipinski definition) is 4. The molecule has 1 aromatic carbocycles. The van der Waals surface area contributed by atoms with Gasteiger partial charge in [0, 0.05) is 24.5 Å². The summed E-state index contributed by atoms with van der Waals surface area (Å²) in [6.45, 7) is 4.46. The Morgan fingerprint density at radius 2 is 2.06 bits per heavy atom. The van der Waals surface area contributed by atoms with E-state index < -0.39 is 10.0 Å². The molecule has 0 atom stereocenters. The second-order valence-electron chi connectivity index (χ2n) is 3.81. The van der Waals surface area contributed by atoms with E-state index in [1.807, 2.05) is 19.1 Å². The van der Waals surface area contributed by atoms with Gasteiger partial charge < -0.3 is 11.1 Å². The number of sulfonamides is 1. The predicted octanol–water partition coefficient (Wildman–Crippen LogP) is 0.928. The summed E-state index contributed by atoms with van der Waals surface area (Å²) in [4.78, 5) is 0. The van der Waals surface area contributed by atoms with Crippen LogP contribution in [0.25, 0.3) is 0 Å². The van der Waals surface area contributed by atoms with E-state index in [1.165, 1.54) is 0 Å². The lowest BCUT2D eigenvalue weighted by Gasteiger charge is -2.09. The summed E-state index contributed by atoms with van der Waals surface area (Å²) in [5, 5.41) is 3.05. The SMILES string of the molecule is CCNS(=O)(=O)CCNc1ccc(N)c(C)c1. The Kier molecular flexibility index (Phi) is 4.77. The standard InChI is InChI=1S/C11H19N3O2S/c1-3-14-17(15,16)7-6-13-10-4-5-11(12)9(2)8-10/h4-5,8,13-14H,3,6-7,12H2,1-2H3. The van der Waals surface area contributed by atoms with E-state index in [4.69, 9.17) is 5.73 Å². The van der Waals surface area contributed by atoms with Crippen molar-refractivity contribution in [1.82, 2.24) is 4.72 Å². The molecule has 1 rings (SSSR count). The first-order valence-corrected chi connectivity index (χ1v) is 7.17. The molecule has 0 aliphatic heterocycles. The normalized spacial score (nSPS) is 11.4. The molecule has 0 saturated carbocycles. The molecule has 0 amide bonds. The lowest BCUT2D eigenvalue weighted by molar-refractivity contribution is 0.584. The first-order valence-electron chi connectivity index (χ1n) is 5.52. The van der Waals surface area contributed by atoms with Crippen LogP contribution in [0, 0.1) is 6.92 Å². The molecule has 0 fully saturated rings. The highest BCUT2D eigenvalue weighted by Crippen LogP contribution is 2.16. The van der Waals surface area contributed by atoms with Crippen LogP contribution in [0.15, 0.2) is 18.2 Å². The number of rotatable bonds is 6. The maximum Gasteiger partial charge on any atom is 0.213 e. The number of anilines is 2. The zero-order valence-electron chi connectivity index (χ0n) is 10.2. The molecule has 4 N–H and O–H groups in total. The predicted molar refractivity (Wildman–Crippen MR) is 71.5 cm³/mol. The molecule has 0 spiro atoms. The van der Waals surface area contributed by atoms with Crippen molar-refractivity contribution in [1.29, 1.82) is 0 Å². The zero-order chi connectivity index (χ0) is 12.9. The number of nitrogens with one attached hydrogen (secondary N) is 2. The number of aryl methyl sites for hydroxylation is 1. The molecule has 0 aliphatic rings. The molecule has 0 aromatic heterocycles. The van der Waals surface area contributed by atoms with Gasteiger partial charge in [0.25, 0.3) is 0 Å². The second-order valence-corrected chi connectivity index (χ2v) is 5.74. The molecule has 6 heteroatoms. The Balaban J connectivity index is 2.49. The van der Waals surface area contributed by atoms with Crippen molar-refractivity contribution in [2.45, 2.75) is 13.8 Å². The number of hydrogen-bond donors (Lipinski definition) is 3. The monoisotopic (exact) mass is 257 g/mol. The summed E-state index contributed by atoms with van der Waals surface area (Å²) in [5.74, 6) is 0.0598. The van der Waals surface area contributed by atoms with Gasteiger partial charge in [0.1, 0.15) is 0 Å². The molecule has 0 saturated heterocycles. The average molecular weight is 257 g/mol. The van der Waals surface area contributed by atoms with Gasteiger partial charge in [-0.2, -0.15) is 0 Å². The Hall–Kier alpha value is -1.27. The van der Waals surface area contributed by atoms with E-state index in [1.54, 1.807) is 13.0 Å².